The number of nitrogens with zero attached hydrogens (tertiary/aromatic N) is 2. The Morgan fingerprint density at radius 3 is 2.38 bits per heavy atom. The summed E-state index contributed by atoms with van der Waals surface area (Å²) >= 11 is 0. The van der Waals surface area contributed by atoms with Crippen molar-refractivity contribution >= 4 is 21.6 Å². The van der Waals surface area contributed by atoms with Crippen molar-refractivity contribution < 1.29 is 23.2 Å². The Kier molecular flexibility index (Phi) is 8.26. The van der Waals surface area contributed by atoms with Crippen LogP contribution in [0.5, 0.6) is 5.75 Å². The predicted molar refractivity (Wildman–Crippen MR) is 122 cm³/mol. The zero-order valence-electron chi connectivity index (χ0n) is 17.9. The van der Waals surface area contributed by atoms with Crippen LogP contribution in [0.15, 0.2) is 66.1 Å². The summed E-state index contributed by atoms with van der Waals surface area (Å²) in [5, 5.41) is 8.93. The zero-order valence-corrected chi connectivity index (χ0v) is 18.8. The molecule has 0 unspecified atom stereocenters. The molecule has 1 aliphatic heterocycles. The summed E-state index contributed by atoms with van der Waals surface area (Å²) in [6.07, 6.45) is 4.76. The molecule has 2 N–H and O–H groups in total. The number of ether oxygens (including phenoxy) is 1. The first kappa shape index (κ1) is 23.8. The Morgan fingerprint density at radius 1 is 1.12 bits per heavy atom. The van der Waals surface area contributed by atoms with E-state index in [9.17, 15) is 13.2 Å². The normalized spacial score (nSPS) is 13.9. The Labute approximate surface area is 189 Å². The predicted octanol–water partition coefficient (Wildman–Crippen LogP) is 2.94. The molecular formula is C23H29N3O5S. The number of rotatable bonds is 11. The molecule has 3 rings (SSSR count). The first-order valence-corrected chi connectivity index (χ1v) is 12.0. The highest BCUT2D eigenvalue weighted by molar-refractivity contribution is 7.89. The number of anilines is 1. The van der Waals surface area contributed by atoms with E-state index in [2.05, 4.69) is 11.5 Å². The molecule has 0 aliphatic carbocycles. The van der Waals surface area contributed by atoms with E-state index in [0.29, 0.717) is 18.8 Å². The van der Waals surface area contributed by atoms with Gasteiger partial charge in [-0.05, 0) is 61.2 Å². The van der Waals surface area contributed by atoms with Gasteiger partial charge in [0.1, 0.15) is 5.75 Å². The van der Waals surface area contributed by atoms with Gasteiger partial charge in [0.15, 0.2) is 0 Å². The lowest BCUT2D eigenvalue weighted by atomic mass is 10.2. The van der Waals surface area contributed by atoms with Crippen LogP contribution in [0.3, 0.4) is 0 Å². The summed E-state index contributed by atoms with van der Waals surface area (Å²) in [5.41, 5.74) is 3.35. The molecule has 0 aromatic heterocycles. The van der Waals surface area contributed by atoms with Gasteiger partial charge in [0, 0.05) is 25.3 Å². The maximum absolute atomic E-state index is 13.2. The Hall–Kier alpha value is -2.88. The van der Waals surface area contributed by atoms with Crippen LogP contribution in [0, 0.1) is 0 Å². The lowest BCUT2D eigenvalue weighted by Crippen LogP contribution is -2.39. The van der Waals surface area contributed by atoms with Gasteiger partial charge >= 0.3 is 0 Å². The molecule has 32 heavy (non-hydrogen) atoms. The lowest BCUT2D eigenvalue weighted by Gasteiger charge is -2.22. The van der Waals surface area contributed by atoms with Crippen LogP contribution < -0.4 is 15.1 Å². The van der Waals surface area contributed by atoms with E-state index >= 15 is 0 Å². The van der Waals surface area contributed by atoms with Gasteiger partial charge in [0.2, 0.25) is 10.0 Å². The van der Waals surface area contributed by atoms with Crippen molar-refractivity contribution in [2.24, 2.45) is 0 Å². The van der Waals surface area contributed by atoms with Gasteiger partial charge < -0.3 is 9.64 Å². The quantitative estimate of drug-likeness (QED) is 0.232. The molecule has 1 fully saturated rings. The summed E-state index contributed by atoms with van der Waals surface area (Å²) in [6.45, 7) is 5.60. The molecule has 1 heterocycles. The van der Waals surface area contributed by atoms with E-state index in [1.54, 1.807) is 18.2 Å². The minimum atomic E-state index is -3.99. The van der Waals surface area contributed by atoms with Gasteiger partial charge in [-0.25, -0.2) is 13.9 Å². The number of carbonyl (C=O) groups excluding carboxylic acids is 1. The largest absolute Gasteiger partial charge is 0.493 e. The summed E-state index contributed by atoms with van der Waals surface area (Å²) in [7, 11) is -3.99. The molecule has 2 aromatic carbocycles. The van der Waals surface area contributed by atoms with E-state index in [-0.39, 0.29) is 11.4 Å². The number of nitrogens with one attached hydrogen (secondary N) is 1. The number of hydrogen-bond donors (Lipinski definition) is 2. The number of benzene rings is 2. The third kappa shape index (κ3) is 6.09. The lowest BCUT2D eigenvalue weighted by molar-refractivity contribution is -0.129. The number of hydroxylamine groups is 1. The molecule has 1 saturated heterocycles. The van der Waals surface area contributed by atoms with Gasteiger partial charge in [0.25, 0.3) is 5.91 Å². The fourth-order valence-electron chi connectivity index (χ4n) is 3.53. The van der Waals surface area contributed by atoms with Gasteiger partial charge in [-0.3, -0.25) is 10.0 Å². The van der Waals surface area contributed by atoms with Crippen LogP contribution in [0.4, 0.5) is 5.69 Å². The highest BCUT2D eigenvalue weighted by atomic mass is 32.2. The Bertz CT molecular complexity index is 1000. The highest BCUT2D eigenvalue weighted by Crippen LogP contribution is 2.24. The SMILES string of the molecule is C=CCCOc1ccc(S(=O)(=O)N(CC(=O)NO)Cc2ccc(N3CCCC3)cc2)cc1. The summed E-state index contributed by atoms with van der Waals surface area (Å²) < 4.78 is 33.0. The van der Waals surface area contributed by atoms with Crippen molar-refractivity contribution in [3.05, 3.63) is 66.7 Å². The van der Waals surface area contributed by atoms with Crippen molar-refractivity contribution in [1.82, 2.24) is 9.79 Å². The number of hydrogen-bond acceptors (Lipinski definition) is 6. The van der Waals surface area contributed by atoms with Crippen molar-refractivity contribution in [2.45, 2.75) is 30.7 Å². The van der Waals surface area contributed by atoms with Crippen molar-refractivity contribution in [3.63, 3.8) is 0 Å². The fourth-order valence-corrected chi connectivity index (χ4v) is 4.91. The third-order valence-electron chi connectivity index (χ3n) is 5.26. The summed E-state index contributed by atoms with van der Waals surface area (Å²) in [4.78, 5) is 14.1. The minimum absolute atomic E-state index is 0.00633. The standard InChI is InChI=1S/C23H29N3O5S/c1-2-3-16-31-21-10-12-22(13-11-21)32(29,30)26(18-23(27)24-28)17-19-6-8-20(9-7-19)25-14-4-5-15-25/h2,6-13,28H,1,3-5,14-18H2,(H,24,27). The smallest absolute Gasteiger partial charge is 0.258 e. The van der Waals surface area contributed by atoms with Crippen LogP contribution in [-0.4, -0.2) is 50.1 Å². The molecule has 1 amide bonds. The fraction of sp³-hybridized carbons (Fsp3) is 0.348. The maximum Gasteiger partial charge on any atom is 0.258 e. The zero-order chi connectivity index (χ0) is 23.0. The van der Waals surface area contributed by atoms with E-state index in [0.717, 1.165) is 28.6 Å². The van der Waals surface area contributed by atoms with Gasteiger partial charge in [0.05, 0.1) is 18.0 Å². The first-order valence-electron chi connectivity index (χ1n) is 10.5. The van der Waals surface area contributed by atoms with E-state index in [1.165, 1.54) is 30.5 Å². The van der Waals surface area contributed by atoms with Crippen LogP contribution >= 0.6 is 0 Å². The van der Waals surface area contributed by atoms with Gasteiger partial charge in [-0.1, -0.05) is 18.2 Å². The van der Waals surface area contributed by atoms with Gasteiger partial charge in [-0.2, -0.15) is 4.31 Å². The average Bonchev–Trinajstić information content (AvgIpc) is 3.34. The molecular weight excluding hydrogens is 430 g/mol. The second-order valence-electron chi connectivity index (χ2n) is 7.57. The van der Waals surface area contributed by atoms with Crippen molar-refractivity contribution in [3.8, 4) is 5.75 Å². The minimum Gasteiger partial charge on any atom is -0.493 e. The second kappa shape index (κ2) is 11.1. The van der Waals surface area contributed by atoms with E-state index < -0.39 is 22.5 Å². The van der Waals surface area contributed by atoms with Gasteiger partial charge in [-0.15, -0.1) is 6.58 Å². The molecule has 2 aromatic rings. The number of carbonyl (C=O) groups is 1. The van der Waals surface area contributed by atoms with Crippen LogP contribution in [0.2, 0.25) is 0 Å². The van der Waals surface area contributed by atoms with E-state index in [1.807, 2.05) is 24.3 Å². The number of sulfonamides is 1. The summed E-state index contributed by atoms with van der Waals surface area (Å²) in [6, 6.07) is 13.7. The summed E-state index contributed by atoms with van der Waals surface area (Å²) in [5.74, 6) is -0.269. The van der Waals surface area contributed by atoms with Crippen LogP contribution in [0.1, 0.15) is 24.8 Å². The van der Waals surface area contributed by atoms with Crippen LogP contribution in [-0.2, 0) is 21.4 Å². The van der Waals surface area contributed by atoms with Crippen LogP contribution in [0.25, 0.3) is 0 Å². The molecule has 0 saturated carbocycles. The Morgan fingerprint density at radius 2 is 1.78 bits per heavy atom. The molecule has 9 heteroatoms. The van der Waals surface area contributed by atoms with Crippen molar-refractivity contribution in [2.75, 3.05) is 31.1 Å². The number of amides is 1. The average molecular weight is 460 g/mol. The third-order valence-corrected chi connectivity index (χ3v) is 7.07. The monoisotopic (exact) mass is 459 g/mol. The molecule has 0 atom stereocenters. The first-order chi connectivity index (χ1) is 15.4. The second-order valence-corrected chi connectivity index (χ2v) is 9.50. The van der Waals surface area contributed by atoms with Crippen molar-refractivity contribution in [1.29, 1.82) is 0 Å². The molecule has 0 bridgehead atoms. The molecule has 8 nitrogen and oxygen atoms in total. The van der Waals surface area contributed by atoms with E-state index in [4.69, 9.17) is 9.94 Å². The Balaban J connectivity index is 1.77. The molecule has 0 radical (unpaired) electrons. The maximum atomic E-state index is 13.2. The highest BCUT2D eigenvalue weighted by Gasteiger charge is 2.27. The topological polar surface area (TPSA) is 99.2 Å². The molecule has 1 aliphatic rings. The molecule has 0 spiro atoms. The molecule has 172 valence electrons.